The Labute approximate surface area is 169 Å². The molecule has 0 aliphatic rings. The number of Topliss-reactive ketones (excluding diaryl/α,β-unsaturated/α-hetero) is 1. The zero-order valence-corrected chi connectivity index (χ0v) is 16.2. The first kappa shape index (κ1) is 20.2. The first-order chi connectivity index (χ1) is 13.9. The Bertz CT molecular complexity index is 1020. The third-order valence-electron chi connectivity index (χ3n) is 3.80. The number of carbonyl (C=O) groups is 3. The number of furan rings is 1. The summed E-state index contributed by atoms with van der Waals surface area (Å²) in [5.74, 6) is -1.88. The van der Waals surface area contributed by atoms with Gasteiger partial charge in [0, 0.05) is 19.0 Å². The van der Waals surface area contributed by atoms with E-state index in [1.165, 1.54) is 53.8 Å². The van der Waals surface area contributed by atoms with Crippen LogP contribution in [0.5, 0.6) is 0 Å². The molecule has 0 aliphatic heterocycles. The Hall–Kier alpha value is -3.53. The van der Waals surface area contributed by atoms with E-state index in [2.05, 4.69) is 15.6 Å². The molecule has 0 atom stereocenters. The highest BCUT2D eigenvalue weighted by molar-refractivity contribution is 7.13. The van der Waals surface area contributed by atoms with E-state index in [-0.39, 0.29) is 24.7 Å². The summed E-state index contributed by atoms with van der Waals surface area (Å²) < 4.78 is 18.1. The fourth-order valence-electron chi connectivity index (χ4n) is 2.41. The molecule has 0 aliphatic carbocycles. The topological polar surface area (TPSA) is 105 Å². The van der Waals surface area contributed by atoms with Gasteiger partial charge in [-0.1, -0.05) is 12.1 Å². The Morgan fingerprint density at radius 2 is 2.07 bits per heavy atom. The van der Waals surface area contributed by atoms with Crippen LogP contribution in [0.25, 0.3) is 0 Å². The molecule has 150 valence electrons. The first-order valence-electron chi connectivity index (χ1n) is 8.49. The summed E-state index contributed by atoms with van der Waals surface area (Å²) in [6.07, 6.45) is 1.32. The molecule has 2 heterocycles. The maximum absolute atomic E-state index is 13.1. The van der Waals surface area contributed by atoms with Gasteiger partial charge in [0.05, 0.1) is 18.5 Å². The van der Waals surface area contributed by atoms with Crippen LogP contribution in [-0.2, 0) is 17.9 Å². The van der Waals surface area contributed by atoms with Crippen LogP contribution < -0.4 is 10.6 Å². The van der Waals surface area contributed by atoms with Crippen molar-refractivity contribution in [1.29, 1.82) is 0 Å². The van der Waals surface area contributed by atoms with Gasteiger partial charge in [0.15, 0.2) is 10.9 Å². The molecule has 0 radical (unpaired) electrons. The van der Waals surface area contributed by atoms with Crippen molar-refractivity contribution in [2.24, 2.45) is 0 Å². The molecule has 0 fully saturated rings. The number of likely N-dealkylation sites (N-methyl/N-ethyl adjacent to an activating group) is 1. The van der Waals surface area contributed by atoms with Crippen molar-refractivity contribution in [1.82, 2.24) is 15.2 Å². The molecule has 2 aromatic heterocycles. The van der Waals surface area contributed by atoms with Gasteiger partial charge in [-0.05, 0) is 29.8 Å². The van der Waals surface area contributed by atoms with Crippen LogP contribution in [0.3, 0.4) is 0 Å². The quantitative estimate of drug-likeness (QED) is 0.455. The zero-order valence-electron chi connectivity index (χ0n) is 15.3. The number of hydrogen-bond donors (Lipinski definition) is 2. The molecule has 1 aromatic carbocycles. The largest absolute Gasteiger partial charge is 0.461 e. The van der Waals surface area contributed by atoms with Crippen molar-refractivity contribution in [3.05, 3.63) is 70.9 Å². The monoisotopic (exact) mass is 416 g/mol. The molecule has 0 unspecified atom stereocenters. The lowest BCUT2D eigenvalue weighted by Crippen LogP contribution is -2.32. The minimum absolute atomic E-state index is 0.0301. The second-order valence-electron chi connectivity index (χ2n) is 6.05. The van der Waals surface area contributed by atoms with E-state index < -0.39 is 17.7 Å². The highest BCUT2D eigenvalue weighted by atomic mass is 32.1. The first-order valence-corrected chi connectivity index (χ1v) is 9.37. The van der Waals surface area contributed by atoms with E-state index >= 15 is 0 Å². The highest BCUT2D eigenvalue weighted by Crippen LogP contribution is 2.17. The van der Waals surface area contributed by atoms with E-state index in [0.29, 0.717) is 16.4 Å². The number of anilines is 1. The fraction of sp³-hybridized carbons (Fsp3) is 0.158. The highest BCUT2D eigenvalue weighted by Gasteiger charge is 2.23. The molecule has 0 saturated carbocycles. The molecule has 0 saturated heterocycles. The molecule has 10 heteroatoms. The summed E-state index contributed by atoms with van der Waals surface area (Å²) in [5, 5.41) is 7.18. The van der Waals surface area contributed by atoms with Gasteiger partial charge in [-0.15, -0.1) is 11.3 Å². The van der Waals surface area contributed by atoms with Crippen LogP contribution in [-0.4, -0.2) is 34.7 Å². The number of amides is 3. The smallest absolute Gasteiger partial charge is 0.321 e. The predicted molar refractivity (Wildman–Crippen MR) is 104 cm³/mol. The predicted octanol–water partition coefficient (Wildman–Crippen LogP) is 3.04. The second-order valence-corrected chi connectivity index (χ2v) is 6.91. The Morgan fingerprint density at radius 1 is 1.24 bits per heavy atom. The number of thiazole rings is 1. The van der Waals surface area contributed by atoms with Crippen LogP contribution in [0.15, 0.2) is 52.5 Å². The van der Waals surface area contributed by atoms with Crippen molar-refractivity contribution in [3.8, 4) is 0 Å². The SMILES string of the molecule is CN(Cc1csc(NC(=O)NCc2cccc(F)c2)n1)C(=O)C(=O)c1ccco1. The van der Waals surface area contributed by atoms with Crippen LogP contribution in [0.2, 0.25) is 0 Å². The number of ketones is 1. The minimum Gasteiger partial charge on any atom is -0.461 e. The molecule has 2 N–H and O–H groups in total. The standard InChI is InChI=1S/C19H17FN4O4S/c1-24(17(26)16(25)15-6-3-7-28-15)10-14-11-29-19(22-14)23-18(27)21-9-12-4-2-5-13(20)8-12/h2-8,11H,9-10H2,1H3,(H2,21,22,23,27). The van der Waals surface area contributed by atoms with Crippen LogP contribution in [0.1, 0.15) is 21.8 Å². The van der Waals surface area contributed by atoms with E-state index in [1.54, 1.807) is 17.5 Å². The zero-order chi connectivity index (χ0) is 20.8. The van der Waals surface area contributed by atoms with Crippen LogP contribution in [0.4, 0.5) is 14.3 Å². The van der Waals surface area contributed by atoms with Gasteiger partial charge in [-0.3, -0.25) is 14.9 Å². The van der Waals surface area contributed by atoms with Crippen molar-refractivity contribution in [3.63, 3.8) is 0 Å². The lowest BCUT2D eigenvalue weighted by atomic mass is 10.2. The summed E-state index contributed by atoms with van der Waals surface area (Å²) in [5.41, 5.74) is 1.14. The average molecular weight is 416 g/mol. The lowest BCUT2D eigenvalue weighted by Gasteiger charge is -2.13. The normalized spacial score (nSPS) is 10.4. The van der Waals surface area contributed by atoms with Crippen molar-refractivity contribution in [2.75, 3.05) is 12.4 Å². The van der Waals surface area contributed by atoms with E-state index in [9.17, 15) is 18.8 Å². The molecular weight excluding hydrogens is 399 g/mol. The van der Waals surface area contributed by atoms with Gasteiger partial charge in [0.1, 0.15) is 5.82 Å². The molecule has 3 amide bonds. The Kier molecular flexibility index (Phi) is 6.35. The van der Waals surface area contributed by atoms with Gasteiger partial charge in [0.2, 0.25) is 0 Å². The molecule has 0 bridgehead atoms. The van der Waals surface area contributed by atoms with E-state index in [1.807, 2.05) is 0 Å². The number of hydrogen-bond acceptors (Lipinski definition) is 6. The number of urea groups is 1. The fourth-order valence-corrected chi connectivity index (χ4v) is 3.11. The maximum Gasteiger partial charge on any atom is 0.321 e. The summed E-state index contributed by atoms with van der Waals surface area (Å²) >= 11 is 1.18. The number of nitrogens with zero attached hydrogens (tertiary/aromatic N) is 2. The van der Waals surface area contributed by atoms with Crippen LogP contribution in [0, 0.1) is 5.82 Å². The van der Waals surface area contributed by atoms with Crippen molar-refractivity contribution in [2.45, 2.75) is 13.1 Å². The molecule has 29 heavy (non-hydrogen) atoms. The number of rotatable bonds is 7. The summed E-state index contributed by atoms with van der Waals surface area (Å²) in [6.45, 7) is 0.252. The number of benzene rings is 1. The third kappa shape index (κ3) is 5.48. The van der Waals surface area contributed by atoms with Gasteiger partial charge in [-0.25, -0.2) is 14.2 Å². The summed E-state index contributed by atoms with van der Waals surface area (Å²) in [7, 11) is 1.47. The average Bonchev–Trinajstić information content (AvgIpc) is 3.37. The van der Waals surface area contributed by atoms with Crippen molar-refractivity contribution < 1.29 is 23.2 Å². The van der Waals surface area contributed by atoms with Crippen LogP contribution >= 0.6 is 11.3 Å². The van der Waals surface area contributed by atoms with Gasteiger partial charge >= 0.3 is 6.03 Å². The molecule has 3 aromatic rings. The molecule has 0 spiro atoms. The van der Waals surface area contributed by atoms with Gasteiger partial charge in [-0.2, -0.15) is 0 Å². The second kappa shape index (κ2) is 9.11. The number of halogens is 1. The number of nitrogens with one attached hydrogen (secondary N) is 2. The van der Waals surface area contributed by atoms with E-state index in [4.69, 9.17) is 4.42 Å². The van der Waals surface area contributed by atoms with E-state index in [0.717, 1.165) is 0 Å². The maximum atomic E-state index is 13.1. The molecular formula is C19H17FN4O4S. The number of aromatic nitrogens is 1. The Morgan fingerprint density at radius 3 is 2.79 bits per heavy atom. The van der Waals surface area contributed by atoms with Gasteiger partial charge in [0.25, 0.3) is 11.7 Å². The lowest BCUT2D eigenvalue weighted by molar-refractivity contribution is -0.125. The van der Waals surface area contributed by atoms with Crippen molar-refractivity contribution >= 4 is 34.2 Å². The summed E-state index contributed by atoms with van der Waals surface area (Å²) in [6, 6.07) is 8.36. The minimum atomic E-state index is -0.747. The third-order valence-corrected chi connectivity index (χ3v) is 4.61. The molecule has 3 rings (SSSR count). The number of carbonyl (C=O) groups excluding carboxylic acids is 3. The summed E-state index contributed by atoms with van der Waals surface area (Å²) in [4.78, 5) is 41.6. The Balaban J connectivity index is 1.50. The van der Waals surface area contributed by atoms with Gasteiger partial charge < -0.3 is 14.6 Å². The molecule has 8 nitrogen and oxygen atoms in total.